The van der Waals surface area contributed by atoms with Gasteiger partial charge in [-0.05, 0) is 34.1 Å². The van der Waals surface area contributed by atoms with E-state index in [4.69, 9.17) is 21.1 Å². The maximum absolute atomic E-state index is 12.6. The zero-order valence-electron chi connectivity index (χ0n) is 11.3. The topological polar surface area (TPSA) is 55.8 Å². The highest BCUT2D eigenvalue weighted by Gasteiger charge is 2.24. The summed E-state index contributed by atoms with van der Waals surface area (Å²) in [5.41, 5.74) is 0. The normalized spacial score (nSPS) is 12.1. The molecular formula is C12H17BrClNO4S. The molecule has 0 saturated carbocycles. The minimum Gasteiger partial charge on any atom is -0.383 e. The Kier molecular flexibility index (Phi) is 7.42. The van der Waals surface area contributed by atoms with Crippen LogP contribution in [0, 0.1) is 0 Å². The van der Waals surface area contributed by atoms with E-state index < -0.39 is 10.0 Å². The van der Waals surface area contributed by atoms with Gasteiger partial charge in [0, 0.05) is 31.8 Å². The van der Waals surface area contributed by atoms with E-state index in [0.29, 0.717) is 22.7 Å². The second-order valence-electron chi connectivity index (χ2n) is 3.97. The van der Waals surface area contributed by atoms with E-state index in [1.165, 1.54) is 30.7 Å². The van der Waals surface area contributed by atoms with Crippen molar-refractivity contribution in [2.24, 2.45) is 0 Å². The Morgan fingerprint density at radius 2 is 1.75 bits per heavy atom. The van der Waals surface area contributed by atoms with Crippen LogP contribution in [0.25, 0.3) is 0 Å². The lowest BCUT2D eigenvalue weighted by Crippen LogP contribution is -2.36. The smallest absolute Gasteiger partial charge is 0.243 e. The summed E-state index contributed by atoms with van der Waals surface area (Å²) < 4.78 is 36.9. The maximum atomic E-state index is 12.6. The third-order valence-corrected chi connectivity index (χ3v) is 5.73. The van der Waals surface area contributed by atoms with Gasteiger partial charge in [0.1, 0.15) is 0 Å². The van der Waals surface area contributed by atoms with Crippen molar-refractivity contribution in [3.8, 4) is 0 Å². The van der Waals surface area contributed by atoms with Crippen LogP contribution < -0.4 is 0 Å². The summed E-state index contributed by atoms with van der Waals surface area (Å²) in [6.45, 7) is 1.17. The number of nitrogens with zero attached hydrogens (tertiary/aromatic N) is 1. The number of rotatable bonds is 8. The van der Waals surface area contributed by atoms with Crippen LogP contribution in [0.4, 0.5) is 0 Å². The highest BCUT2D eigenvalue weighted by atomic mass is 79.9. The van der Waals surface area contributed by atoms with Crippen LogP contribution in [0.3, 0.4) is 0 Å². The average molecular weight is 387 g/mol. The Hall–Kier alpha value is -0.180. The SMILES string of the molecule is COCCN(CCOC)S(=O)(=O)c1ccc(Cl)c(Br)c1. The van der Waals surface area contributed by atoms with E-state index >= 15 is 0 Å². The molecule has 0 aliphatic rings. The van der Waals surface area contributed by atoms with E-state index in [2.05, 4.69) is 15.9 Å². The zero-order valence-corrected chi connectivity index (χ0v) is 14.5. The van der Waals surface area contributed by atoms with Crippen LogP contribution in [-0.2, 0) is 19.5 Å². The molecule has 0 aliphatic heterocycles. The van der Waals surface area contributed by atoms with Crippen LogP contribution in [-0.4, -0.2) is 53.2 Å². The van der Waals surface area contributed by atoms with E-state index in [1.807, 2.05) is 0 Å². The van der Waals surface area contributed by atoms with Gasteiger partial charge >= 0.3 is 0 Å². The van der Waals surface area contributed by atoms with Crippen LogP contribution in [0.2, 0.25) is 5.02 Å². The lowest BCUT2D eigenvalue weighted by atomic mass is 10.4. The fourth-order valence-electron chi connectivity index (χ4n) is 1.52. The summed E-state index contributed by atoms with van der Waals surface area (Å²) in [6.07, 6.45) is 0. The van der Waals surface area contributed by atoms with Gasteiger partial charge in [-0.25, -0.2) is 8.42 Å². The van der Waals surface area contributed by atoms with Gasteiger partial charge in [-0.1, -0.05) is 11.6 Å². The minimum absolute atomic E-state index is 0.181. The third-order valence-electron chi connectivity index (χ3n) is 2.62. The molecule has 0 aliphatic carbocycles. The molecule has 0 amide bonds. The molecule has 0 N–H and O–H groups in total. The molecule has 0 fully saturated rings. The Morgan fingerprint density at radius 1 is 1.20 bits per heavy atom. The molecule has 20 heavy (non-hydrogen) atoms. The summed E-state index contributed by atoms with van der Waals surface area (Å²) in [5, 5.41) is 0.462. The molecule has 1 rings (SSSR count). The summed E-state index contributed by atoms with van der Waals surface area (Å²) in [4.78, 5) is 0.181. The molecule has 114 valence electrons. The highest BCUT2D eigenvalue weighted by molar-refractivity contribution is 9.10. The van der Waals surface area contributed by atoms with Gasteiger partial charge in [0.15, 0.2) is 0 Å². The fourth-order valence-corrected chi connectivity index (χ4v) is 3.61. The van der Waals surface area contributed by atoms with Crippen LogP contribution >= 0.6 is 27.5 Å². The van der Waals surface area contributed by atoms with E-state index in [0.717, 1.165) is 0 Å². The molecule has 0 spiro atoms. The van der Waals surface area contributed by atoms with Crippen molar-refractivity contribution >= 4 is 37.6 Å². The van der Waals surface area contributed by atoms with E-state index in [9.17, 15) is 8.42 Å². The van der Waals surface area contributed by atoms with Gasteiger partial charge in [-0.3, -0.25) is 0 Å². The van der Waals surface area contributed by atoms with Gasteiger partial charge in [-0.15, -0.1) is 0 Å². The van der Waals surface area contributed by atoms with Crippen molar-refractivity contribution in [3.63, 3.8) is 0 Å². The van der Waals surface area contributed by atoms with Gasteiger partial charge in [0.25, 0.3) is 0 Å². The van der Waals surface area contributed by atoms with Crippen molar-refractivity contribution in [2.45, 2.75) is 4.90 Å². The third kappa shape index (κ3) is 4.68. The quantitative estimate of drug-likeness (QED) is 0.688. The molecule has 0 unspecified atom stereocenters. The van der Waals surface area contributed by atoms with Gasteiger partial charge < -0.3 is 9.47 Å². The molecule has 1 aromatic carbocycles. The number of sulfonamides is 1. The standard InChI is InChI=1S/C12H17BrClNO4S/c1-18-7-5-15(6-8-19-2)20(16,17)10-3-4-12(14)11(13)9-10/h3-4,9H,5-8H2,1-2H3. The lowest BCUT2D eigenvalue weighted by Gasteiger charge is -2.21. The molecule has 0 bridgehead atoms. The molecule has 0 atom stereocenters. The predicted octanol–water partition coefficient (Wildman–Crippen LogP) is 2.39. The van der Waals surface area contributed by atoms with Crippen molar-refractivity contribution in [3.05, 3.63) is 27.7 Å². The number of halogens is 2. The van der Waals surface area contributed by atoms with Crippen molar-refractivity contribution in [1.29, 1.82) is 0 Å². The van der Waals surface area contributed by atoms with Crippen LogP contribution in [0.5, 0.6) is 0 Å². The van der Waals surface area contributed by atoms with Gasteiger partial charge in [0.2, 0.25) is 10.0 Å². The first kappa shape index (κ1) is 17.9. The first-order valence-electron chi connectivity index (χ1n) is 5.86. The lowest BCUT2D eigenvalue weighted by molar-refractivity contribution is 0.150. The monoisotopic (exact) mass is 385 g/mol. The number of ether oxygens (including phenoxy) is 2. The molecule has 1 aromatic rings. The van der Waals surface area contributed by atoms with Crippen LogP contribution in [0.15, 0.2) is 27.6 Å². The molecule has 8 heteroatoms. The van der Waals surface area contributed by atoms with Crippen molar-refractivity contribution < 1.29 is 17.9 Å². The molecule has 0 saturated heterocycles. The predicted molar refractivity (Wildman–Crippen MR) is 81.7 cm³/mol. The number of hydrogen-bond acceptors (Lipinski definition) is 4. The first-order valence-corrected chi connectivity index (χ1v) is 8.47. The second kappa shape index (κ2) is 8.31. The maximum Gasteiger partial charge on any atom is 0.243 e. The zero-order chi connectivity index (χ0) is 15.2. The second-order valence-corrected chi connectivity index (χ2v) is 7.17. The number of hydrogen-bond donors (Lipinski definition) is 0. The fraction of sp³-hybridized carbons (Fsp3) is 0.500. The largest absolute Gasteiger partial charge is 0.383 e. The Bertz CT molecular complexity index is 530. The summed E-state index contributed by atoms with van der Waals surface area (Å²) in [5.74, 6) is 0. The molecule has 0 aromatic heterocycles. The number of methoxy groups -OCH3 is 2. The first-order chi connectivity index (χ1) is 9.43. The average Bonchev–Trinajstić information content (AvgIpc) is 2.41. The summed E-state index contributed by atoms with van der Waals surface area (Å²) in [7, 11) is -0.545. The minimum atomic E-state index is -3.60. The summed E-state index contributed by atoms with van der Waals surface area (Å²) >= 11 is 9.11. The Balaban J connectivity index is 3.03. The van der Waals surface area contributed by atoms with Crippen LogP contribution in [0.1, 0.15) is 0 Å². The molecule has 0 radical (unpaired) electrons. The molecule has 0 heterocycles. The van der Waals surface area contributed by atoms with E-state index in [1.54, 1.807) is 6.07 Å². The highest BCUT2D eigenvalue weighted by Crippen LogP contribution is 2.26. The molecule has 5 nitrogen and oxygen atoms in total. The Morgan fingerprint density at radius 3 is 2.20 bits per heavy atom. The van der Waals surface area contributed by atoms with E-state index in [-0.39, 0.29) is 18.0 Å². The van der Waals surface area contributed by atoms with Gasteiger partial charge in [0.05, 0.1) is 23.1 Å². The van der Waals surface area contributed by atoms with Gasteiger partial charge in [-0.2, -0.15) is 4.31 Å². The number of benzene rings is 1. The summed E-state index contributed by atoms with van der Waals surface area (Å²) in [6, 6.07) is 4.52. The van der Waals surface area contributed by atoms with Crippen molar-refractivity contribution in [2.75, 3.05) is 40.5 Å². The van der Waals surface area contributed by atoms with Crippen molar-refractivity contribution in [1.82, 2.24) is 4.31 Å². The molecular weight excluding hydrogens is 370 g/mol. The Labute approximate surface area is 133 Å².